The molecule has 0 saturated heterocycles. The molecule has 2 aromatic rings. The molecule has 0 fully saturated rings. The van der Waals surface area contributed by atoms with E-state index in [1.165, 1.54) is 30.8 Å². The van der Waals surface area contributed by atoms with E-state index in [1.807, 2.05) is 31.4 Å². The topological polar surface area (TPSA) is 75.3 Å². The molecule has 7 heteroatoms. The third kappa shape index (κ3) is 4.59. The highest BCUT2D eigenvalue weighted by atomic mass is 32.2. The maximum absolute atomic E-state index is 12.3. The highest BCUT2D eigenvalue weighted by Crippen LogP contribution is 2.24. The molecule has 0 bridgehead atoms. The van der Waals surface area contributed by atoms with Gasteiger partial charge in [0.25, 0.3) is 0 Å². The first kappa shape index (κ1) is 18.5. The number of carbonyl (C=O) groups is 1. The normalized spacial score (nSPS) is 12.6. The first-order valence-electron chi connectivity index (χ1n) is 7.36. The third-order valence-corrected chi connectivity index (χ3v) is 5.77. The molecule has 1 amide bonds. The van der Waals surface area contributed by atoms with Gasteiger partial charge in [0.05, 0.1) is 16.6 Å². The number of anilines is 1. The van der Waals surface area contributed by atoms with Gasteiger partial charge in [-0.3, -0.25) is 4.79 Å². The second-order valence-electron chi connectivity index (χ2n) is 5.35. The molecule has 0 aliphatic rings. The smallest absolute Gasteiger partial charge is 0.242 e. The SMILES string of the molecule is CSc1ccccc1NC(=O)[C@H](C)NS(=O)(=O)c1ccc(C)cc1. The van der Waals surface area contributed by atoms with Gasteiger partial charge in [-0.25, -0.2) is 8.42 Å². The number of para-hydroxylation sites is 1. The van der Waals surface area contributed by atoms with Crippen LogP contribution in [0.5, 0.6) is 0 Å². The van der Waals surface area contributed by atoms with Crippen molar-refractivity contribution >= 4 is 33.4 Å². The maximum Gasteiger partial charge on any atom is 0.242 e. The van der Waals surface area contributed by atoms with Crippen LogP contribution < -0.4 is 10.0 Å². The van der Waals surface area contributed by atoms with Crippen LogP contribution in [-0.4, -0.2) is 26.6 Å². The van der Waals surface area contributed by atoms with Crippen molar-refractivity contribution in [3.63, 3.8) is 0 Å². The minimum atomic E-state index is -3.75. The Balaban J connectivity index is 2.09. The van der Waals surface area contributed by atoms with Crippen molar-refractivity contribution in [2.45, 2.75) is 29.7 Å². The van der Waals surface area contributed by atoms with Gasteiger partial charge in [0.1, 0.15) is 0 Å². The van der Waals surface area contributed by atoms with E-state index in [0.717, 1.165) is 10.5 Å². The summed E-state index contributed by atoms with van der Waals surface area (Å²) >= 11 is 1.51. The molecule has 128 valence electrons. The second-order valence-corrected chi connectivity index (χ2v) is 7.91. The summed E-state index contributed by atoms with van der Waals surface area (Å²) in [7, 11) is -3.75. The fourth-order valence-corrected chi connectivity index (χ4v) is 3.82. The molecular weight excluding hydrogens is 344 g/mol. The van der Waals surface area contributed by atoms with Gasteiger partial charge in [-0.2, -0.15) is 4.72 Å². The summed E-state index contributed by atoms with van der Waals surface area (Å²) in [6.45, 7) is 3.39. The van der Waals surface area contributed by atoms with Gasteiger partial charge >= 0.3 is 0 Å². The zero-order valence-electron chi connectivity index (χ0n) is 13.7. The quantitative estimate of drug-likeness (QED) is 0.773. The number of sulfonamides is 1. The molecule has 1 atom stereocenters. The molecular formula is C17H20N2O3S2. The Morgan fingerprint density at radius 2 is 1.71 bits per heavy atom. The predicted octanol–water partition coefficient (Wildman–Crippen LogP) is 3.02. The Kier molecular flexibility index (Phi) is 6.04. The van der Waals surface area contributed by atoms with E-state index in [2.05, 4.69) is 10.0 Å². The zero-order chi connectivity index (χ0) is 17.7. The monoisotopic (exact) mass is 364 g/mol. The third-order valence-electron chi connectivity index (χ3n) is 3.42. The zero-order valence-corrected chi connectivity index (χ0v) is 15.4. The number of carbonyl (C=O) groups excluding carboxylic acids is 1. The van der Waals surface area contributed by atoms with Gasteiger partial charge in [0.15, 0.2) is 0 Å². The lowest BCUT2D eigenvalue weighted by Gasteiger charge is -2.16. The first-order valence-corrected chi connectivity index (χ1v) is 10.1. The minimum absolute atomic E-state index is 0.136. The molecule has 5 nitrogen and oxygen atoms in total. The van der Waals surface area contributed by atoms with Gasteiger partial charge in [0, 0.05) is 4.90 Å². The lowest BCUT2D eigenvalue weighted by Crippen LogP contribution is -2.41. The van der Waals surface area contributed by atoms with Crippen LogP contribution in [0, 0.1) is 6.92 Å². The van der Waals surface area contributed by atoms with Gasteiger partial charge in [0.2, 0.25) is 15.9 Å². The number of rotatable bonds is 6. The number of amides is 1. The van der Waals surface area contributed by atoms with Crippen molar-refractivity contribution in [3.8, 4) is 0 Å². The van der Waals surface area contributed by atoms with Crippen molar-refractivity contribution in [1.82, 2.24) is 4.72 Å². The van der Waals surface area contributed by atoms with Crippen LogP contribution in [-0.2, 0) is 14.8 Å². The van der Waals surface area contributed by atoms with E-state index in [0.29, 0.717) is 5.69 Å². The molecule has 2 N–H and O–H groups in total. The van der Waals surface area contributed by atoms with Gasteiger partial charge in [-0.1, -0.05) is 29.8 Å². The van der Waals surface area contributed by atoms with E-state index >= 15 is 0 Å². The molecule has 0 radical (unpaired) electrons. The molecule has 24 heavy (non-hydrogen) atoms. The molecule has 0 spiro atoms. The molecule has 0 aliphatic heterocycles. The fourth-order valence-electron chi connectivity index (χ4n) is 2.06. The molecule has 0 heterocycles. The summed E-state index contributed by atoms with van der Waals surface area (Å²) in [6, 6.07) is 12.9. The Labute approximate surface area is 146 Å². The highest BCUT2D eigenvalue weighted by Gasteiger charge is 2.22. The number of aryl methyl sites for hydroxylation is 1. The molecule has 2 rings (SSSR count). The molecule has 2 aromatic carbocycles. The summed E-state index contributed by atoms with van der Waals surface area (Å²) in [5.41, 5.74) is 1.63. The summed E-state index contributed by atoms with van der Waals surface area (Å²) in [5, 5.41) is 2.76. The van der Waals surface area contributed by atoms with Crippen molar-refractivity contribution < 1.29 is 13.2 Å². The molecule has 0 saturated carbocycles. The number of benzene rings is 2. The van der Waals surface area contributed by atoms with E-state index in [9.17, 15) is 13.2 Å². The summed E-state index contributed by atoms with van der Waals surface area (Å²) < 4.78 is 27.1. The number of hydrogen-bond acceptors (Lipinski definition) is 4. The predicted molar refractivity (Wildman–Crippen MR) is 97.8 cm³/mol. The van der Waals surface area contributed by atoms with Crippen LogP contribution in [0.25, 0.3) is 0 Å². The average molecular weight is 364 g/mol. The van der Waals surface area contributed by atoms with E-state index < -0.39 is 22.0 Å². The maximum atomic E-state index is 12.3. The summed E-state index contributed by atoms with van der Waals surface area (Å²) in [5.74, 6) is -0.410. The van der Waals surface area contributed by atoms with E-state index in [-0.39, 0.29) is 4.90 Å². The van der Waals surface area contributed by atoms with Crippen LogP contribution in [0.15, 0.2) is 58.3 Å². The first-order chi connectivity index (χ1) is 11.3. The standard InChI is InChI=1S/C17H20N2O3S2/c1-12-8-10-14(11-9-12)24(21,22)19-13(2)17(20)18-15-6-4-5-7-16(15)23-3/h4-11,13,19H,1-3H3,(H,18,20)/t13-/m0/s1. The number of thioether (sulfide) groups is 1. The molecule has 0 aromatic heterocycles. The average Bonchev–Trinajstić information content (AvgIpc) is 2.55. The van der Waals surface area contributed by atoms with E-state index in [4.69, 9.17) is 0 Å². The Hall–Kier alpha value is -1.83. The second kappa shape index (κ2) is 7.83. The van der Waals surface area contributed by atoms with Crippen LogP contribution in [0.1, 0.15) is 12.5 Å². The Bertz CT molecular complexity index is 818. The Morgan fingerprint density at radius 1 is 1.08 bits per heavy atom. The van der Waals surface area contributed by atoms with E-state index in [1.54, 1.807) is 18.2 Å². The van der Waals surface area contributed by atoms with Crippen LogP contribution in [0.2, 0.25) is 0 Å². The van der Waals surface area contributed by atoms with Crippen molar-refractivity contribution in [2.75, 3.05) is 11.6 Å². The van der Waals surface area contributed by atoms with Crippen LogP contribution >= 0.6 is 11.8 Å². The van der Waals surface area contributed by atoms with Crippen molar-refractivity contribution in [2.24, 2.45) is 0 Å². The highest BCUT2D eigenvalue weighted by molar-refractivity contribution is 7.98. The molecule has 0 unspecified atom stereocenters. The fraction of sp³-hybridized carbons (Fsp3) is 0.235. The van der Waals surface area contributed by atoms with Gasteiger partial charge in [-0.05, 0) is 44.4 Å². The molecule has 0 aliphatic carbocycles. The van der Waals surface area contributed by atoms with Crippen molar-refractivity contribution in [1.29, 1.82) is 0 Å². The van der Waals surface area contributed by atoms with Gasteiger partial charge < -0.3 is 5.32 Å². The van der Waals surface area contributed by atoms with Crippen LogP contribution in [0.3, 0.4) is 0 Å². The Morgan fingerprint density at radius 3 is 2.33 bits per heavy atom. The number of nitrogens with one attached hydrogen (secondary N) is 2. The lowest BCUT2D eigenvalue weighted by molar-refractivity contribution is -0.117. The van der Waals surface area contributed by atoms with Gasteiger partial charge in [-0.15, -0.1) is 11.8 Å². The van der Waals surface area contributed by atoms with Crippen LogP contribution in [0.4, 0.5) is 5.69 Å². The summed E-state index contributed by atoms with van der Waals surface area (Å²) in [4.78, 5) is 13.3. The lowest BCUT2D eigenvalue weighted by atomic mass is 10.2. The minimum Gasteiger partial charge on any atom is -0.324 e. The van der Waals surface area contributed by atoms with Crippen molar-refractivity contribution in [3.05, 3.63) is 54.1 Å². The number of hydrogen-bond donors (Lipinski definition) is 2. The summed E-state index contributed by atoms with van der Waals surface area (Å²) in [6.07, 6.45) is 1.91. The largest absolute Gasteiger partial charge is 0.324 e.